The van der Waals surface area contributed by atoms with Gasteiger partial charge in [-0.3, -0.25) is 4.21 Å². The molecule has 0 amide bonds. The number of rotatable bonds is 0. The Kier molecular flexibility index (Phi) is 6.46. The fourth-order valence-electron chi connectivity index (χ4n) is 0.415. The Morgan fingerprint density at radius 3 is 1.73 bits per heavy atom. The number of halogens is 1. The van der Waals surface area contributed by atoms with Crippen molar-refractivity contribution in [2.75, 3.05) is 12.5 Å². The molecule has 0 saturated heterocycles. The second kappa shape index (κ2) is 6.55. The van der Waals surface area contributed by atoms with E-state index in [2.05, 4.69) is 15.9 Å². The summed E-state index contributed by atoms with van der Waals surface area (Å²) in [6, 6.07) is 9.97. The molecule has 0 fully saturated rings. The Labute approximate surface area is 78.4 Å². The normalized spacial score (nSPS) is 8.73. The van der Waals surface area contributed by atoms with Crippen LogP contribution >= 0.6 is 15.9 Å². The molecule has 0 heterocycles. The first-order valence-electron chi connectivity index (χ1n) is 3.08. The molecular weight excluding hydrogens is 224 g/mol. The quantitative estimate of drug-likeness (QED) is 0.675. The van der Waals surface area contributed by atoms with Gasteiger partial charge in [-0.2, -0.15) is 0 Å². The monoisotopic (exact) mass is 234 g/mol. The molecule has 0 aromatic heterocycles. The van der Waals surface area contributed by atoms with Crippen LogP contribution in [0.3, 0.4) is 0 Å². The molecule has 0 aliphatic carbocycles. The number of hydrogen-bond acceptors (Lipinski definition) is 1. The highest BCUT2D eigenvalue weighted by molar-refractivity contribution is 9.10. The summed E-state index contributed by atoms with van der Waals surface area (Å²) in [7, 11) is -0.611. The van der Waals surface area contributed by atoms with Crippen molar-refractivity contribution < 1.29 is 4.21 Å². The van der Waals surface area contributed by atoms with E-state index in [0.29, 0.717) is 0 Å². The van der Waals surface area contributed by atoms with Gasteiger partial charge in [0.2, 0.25) is 0 Å². The van der Waals surface area contributed by atoms with E-state index in [-0.39, 0.29) is 0 Å². The zero-order valence-electron chi connectivity index (χ0n) is 6.58. The van der Waals surface area contributed by atoms with Gasteiger partial charge in [0, 0.05) is 27.8 Å². The Morgan fingerprint density at radius 2 is 1.55 bits per heavy atom. The predicted molar refractivity (Wildman–Crippen MR) is 54.1 cm³/mol. The van der Waals surface area contributed by atoms with Gasteiger partial charge in [0.15, 0.2) is 0 Å². The smallest absolute Gasteiger partial charge is 0.0175 e. The van der Waals surface area contributed by atoms with E-state index in [1.165, 1.54) is 0 Å². The standard InChI is InChI=1S/C6H5Br.C2H6OS/c7-6-4-2-1-3-5-6;1-4(2)3/h1-5H;1-2H3. The van der Waals surface area contributed by atoms with Crippen LogP contribution in [0.1, 0.15) is 0 Å². The van der Waals surface area contributed by atoms with Crippen molar-refractivity contribution in [1.82, 2.24) is 0 Å². The Hall–Kier alpha value is -0.150. The van der Waals surface area contributed by atoms with Crippen LogP contribution in [0.25, 0.3) is 0 Å². The summed E-state index contributed by atoms with van der Waals surface area (Å²) in [5.41, 5.74) is 0. The van der Waals surface area contributed by atoms with Crippen LogP contribution in [-0.4, -0.2) is 16.7 Å². The largest absolute Gasteiger partial charge is 0.260 e. The number of hydrogen-bond donors (Lipinski definition) is 0. The highest BCUT2D eigenvalue weighted by atomic mass is 79.9. The lowest BCUT2D eigenvalue weighted by atomic mass is 10.4. The third-order valence-corrected chi connectivity index (χ3v) is 1.26. The lowest BCUT2D eigenvalue weighted by Gasteiger charge is -1.80. The molecule has 1 nitrogen and oxygen atoms in total. The molecule has 0 spiro atoms. The fourth-order valence-corrected chi connectivity index (χ4v) is 0.720. The van der Waals surface area contributed by atoms with Gasteiger partial charge in [-0.05, 0) is 12.1 Å². The molecule has 0 bridgehead atoms. The average Bonchev–Trinajstić information content (AvgIpc) is 1.87. The summed E-state index contributed by atoms with van der Waals surface area (Å²) in [6.07, 6.45) is 3.28. The molecule has 62 valence electrons. The number of benzene rings is 1. The van der Waals surface area contributed by atoms with E-state index in [9.17, 15) is 4.21 Å². The third kappa shape index (κ3) is 9.85. The molecule has 0 atom stereocenters. The summed E-state index contributed by atoms with van der Waals surface area (Å²) < 4.78 is 10.7. The summed E-state index contributed by atoms with van der Waals surface area (Å²) in [5.74, 6) is 0. The molecule has 11 heavy (non-hydrogen) atoms. The molecule has 0 aliphatic heterocycles. The maximum Gasteiger partial charge on any atom is 0.0175 e. The van der Waals surface area contributed by atoms with E-state index in [4.69, 9.17) is 0 Å². The summed E-state index contributed by atoms with van der Waals surface area (Å²) in [5, 5.41) is 0. The van der Waals surface area contributed by atoms with E-state index < -0.39 is 10.8 Å². The summed E-state index contributed by atoms with van der Waals surface area (Å²) >= 11 is 3.31. The van der Waals surface area contributed by atoms with Crippen LogP contribution < -0.4 is 0 Å². The maximum absolute atomic E-state index is 9.56. The molecule has 0 N–H and O–H groups in total. The third-order valence-electron chi connectivity index (χ3n) is 0.733. The molecule has 0 unspecified atom stereocenters. The SMILES string of the molecule is Brc1ccccc1.CS(C)=O. The van der Waals surface area contributed by atoms with Gasteiger partial charge in [0.1, 0.15) is 0 Å². The highest BCUT2D eigenvalue weighted by Gasteiger charge is 1.74. The van der Waals surface area contributed by atoms with Gasteiger partial charge in [-0.15, -0.1) is 0 Å². The van der Waals surface area contributed by atoms with Crippen molar-refractivity contribution in [2.45, 2.75) is 0 Å². The van der Waals surface area contributed by atoms with Crippen LogP contribution in [0.15, 0.2) is 34.8 Å². The van der Waals surface area contributed by atoms with Crippen LogP contribution in [0.2, 0.25) is 0 Å². The Morgan fingerprint density at radius 1 is 1.18 bits per heavy atom. The Balaban J connectivity index is 0.000000218. The van der Waals surface area contributed by atoms with Crippen LogP contribution in [-0.2, 0) is 10.8 Å². The van der Waals surface area contributed by atoms with E-state index >= 15 is 0 Å². The second-order valence-electron chi connectivity index (χ2n) is 2.04. The average molecular weight is 235 g/mol. The van der Waals surface area contributed by atoms with Crippen molar-refractivity contribution in [2.24, 2.45) is 0 Å². The molecular formula is C8H11BrOS. The summed E-state index contributed by atoms with van der Waals surface area (Å²) in [4.78, 5) is 0. The molecule has 0 radical (unpaired) electrons. The molecule has 0 saturated carbocycles. The lowest BCUT2D eigenvalue weighted by Crippen LogP contribution is -1.70. The van der Waals surface area contributed by atoms with Gasteiger partial charge >= 0.3 is 0 Å². The van der Waals surface area contributed by atoms with Gasteiger partial charge < -0.3 is 0 Å². The summed E-state index contributed by atoms with van der Waals surface area (Å²) in [6.45, 7) is 0. The first-order chi connectivity index (χ1) is 5.13. The first kappa shape index (κ1) is 10.8. The molecule has 3 heteroatoms. The minimum atomic E-state index is -0.611. The van der Waals surface area contributed by atoms with Crippen molar-refractivity contribution in [1.29, 1.82) is 0 Å². The van der Waals surface area contributed by atoms with Crippen molar-refractivity contribution in [3.63, 3.8) is 0 Å². The Bertz CT molecular complexity index is 207. The molecule has 0 aliphatic rings. The van der Waals surface area contributed by atoms with Gasteiger partial charge in [-0.1, -0.05) is 34.1 Å². The molecule has 1 aromatic rings. The highest BCUT2D eigenvalue weighted by Crippen LogP contribution is 2.05. The molecule has 1 rings (SSSR count). The zero-order chi connectivity index (χ0) is 8.69. The van der Waals surface area contributed by atoms with Crippen molar-refractivity contribution >= 4 is 26.7 Å². The van der Waals surface area contributed by atoms with Crippen LogP contribution in [0.4, 0.5) is 0 Å². The molecule has 1 aromatic carbocycles. The van der Waals surface area contributed by atoms with Crippen LogP contribution in [0, 0.1) is 0 Å². The van der Waals surface area contributed by atoms with Gasteiger partial charge in [0.05, 0.1) is 0 Å². The van der Waals surface area contributed by atoms with Gasteiger partial charge in [0.25, 0.3) is 0 Å². The van der Waals surface area contributed by atoms with E-state index in [0.717, 1.165) is 4.47 Å². The maximum atomic E-state index is 9.56. The van der Waals surface area contributed by atoms with Crippen molar-refractivity contribution in [3.8, 4) is 0 Å². The second-order valence-corrected chi connectivity index (χ2v) is 4.44. The van der Waals surface area contributed by atoms with Gasteiger partial charge in [-0.25, -0.2) is 0 Å². The van der Waals surface area contributed by atoms with Crippen LogP contribution in [0.5, 0.6) is 0 Å². The topological polar surface area (TPSA) is 17.1 Å². The van der Waals surface area contributed by atoms with Crippen molar-refractivity contribution in [3.05, 3.63) is 34.8 Å². The zero-order valence-corrected chi connectivity index (χ0v) is 8.98. The predicted octanol–water partition coefficient (Wildman–Crippen LogP) is 2.44. The van der Waals surface area contributed by atoms with E-state index in [1.807, 2.05) is 30.3 Å². The van der Waals surface area contributed by atoms with E-state index in [1.54, 1.807) is 12.5 Å². The lowest BCUT2D eigenvalue weighted by molar-refractivity contribution is 0.690. The fraction of sp³-hybridized carbons (Fsp3) is 0.250. The first-order valence-corrected chi connectivity index (χ1v) is 5.84. The minimum Gasteiger partial charge on any atom is -0.260 e. The minimum absolute atomic E-state index is 0.611.